The van der Waals surface area contributed by atoms with Crippen LogP contribution in [0.15, 0.2) is 25.7 Å². The maximum absolute atomic E-state index is 11.1. The molecule has 0 radical (unpaired) electrons. The summed E-state index contributed by atoms with van der Waals surface area (Å²) in [6, 6.07) is 0. The lowest BCUT2D eigenvalue weighted by atomic mass is 10.1. The third-order valence-electron chi connectivity index (χ3n) is 2.07. The molecule has 0 atom stereocenters. The van der Waals surface area contributed by atoms with E-state index in [-0.39, 0.29) is 25.5 Å². The predicted molar refractivity (Wildman–Crippen MR) is 67.6 cm³/mol. The van der Waals surface area contributed by atoms with E-state index in [1.54, 1.807) is 0 Å². The highest BCUT2D eigenvalue weighted by molar-refractivity contribution is 5.69. The molecule has 0 rings (SSSR count). The summed E-state index contributed by atoms with van der Waals surface area (Å²) in [5.41, 5.74) is 0. The molecule has 19 heavy (non-hydrogen) atoms. The van der Waals surface area contributed by atoms with Gasteiger partial charge in [0.25, 0.3) is 0 Å². The van der Waals surface area contributed by atoms with Crippen molar-refractivity contribution in [2.45, 2.75) is 32.1 Å². The van der Waals surface area contributed by atoms with E-state index in [1.165, 1.54) is 12.5 Å². The van der Waals surface area contributed by atoms with Crippen molar-refractivity contribution in [3.8, 4) is 0 Å². The number of unbranched alkanes of at least 4 members (excludes halogenated alkanes) is 2. The Kier molecular flexibility index (Phi) is 11.2. The average molecular weight is 272 g/mol. The highest BCUT2D eigenvalue weighted by Crippen LogP contribution is 2.05. The molecule has 6 nitrogen and oxygen atoms in total. The molecule has 0 aliphatic rings. The molecular weight excluding hydrogens is 252 g/mol. The highest BCUT2D eigenvalue weighted by atomic mass is 16.7. The van der Waals surface area contributed by atoms with Crippen LogP contribution in [0.2, 0.25) is 0 Å². The summed E-state index contributed by atoms with van der Waals surface area (Å²) < 4.78 is 18.8. The van der Waals surface area contributed by atoms with Crippen molar-refractivity contribution in [2.24, 2.45) is 0 Å². The minimum Gasteiger partial charge on any atom is -0.466 e. The minimum absolute atomic E-state index is 0.113. The largest absolute Gasteiger partial charge is 0.466 e. The predicted octanol–water partition coefficient (Wildman–Crippen LogP) is 2.26. The molecule has 0 aromatic rings. The molecule has 0 fully saturated rings. The molecular formula is C13H20O6. The van der Waals surface area contributed by atoms with Crippen LogP contribution in [0.3, 0.4) is 0 Å². The van der Waals surface area contributed by atoms with E-state index in [4.69, 9.17) is 9.47 Å². The van der Waals surface area contributed by atoms with Gasteiger partial charge in [0.05, 0.1) is 12.5 Å². The van der Waals surface area contributed by atoms with Crippen LogP contribution < -0.4 is 0 Å². The Balaban J connectivity index is 3.34. The van der Waals surface area contributed by atoms with Crippen molar-refractivity contribution in [1.82, 2.24) is 0 Å². The van der Waals surface area contributed by atoms with Crippen molar-refractivity contribution in [2.75, 3.05) is 13.6 Å². The van der Waals surface area contributed by atoms with Crippen LogP contribution in [-0.4, -0.2) is 25.5 Å². The van der Waals surface area contributed by atoms with Crippen molar-refractivity contribution >= 4 is 11.9 Å². The summed E-state index contributed by atoms with van der Waals surface area (Å²) in [7, 11) is 0. The quantitative estimate of drug-likeness (QED) is 0.235. The Morgan fingerprint density at radius 1 is 0.789 bits per heavy atom. The highest BCUT2D eigenvalue weighted by Gasteiger charge is 2.05. The van der Waals surface area contributed by atoms with E-state index in [2.05, 4.69) is 22.6 Å². The molecule has 0 heterocycles. The molecule has 0 aromatic heterocycles. The normalized spacial score (nSPS) is 9.26. The monoisotopic (exact) mass is 272 g/mol. The van der Waals surface area contributed by atoms with Gasteiger partial charge in [0.1, 0.15) is 0 Å². The third kappa shape index (κ3) is 12.3. The van der Waals surface area contributed by atoms with Crippen LogP contribution >= 0.6 is 0 Å². The lowest BCUT2D eigenvalue weighted by Crippen LogP contribution is -2.07. The van der Waals surface area contributed by atoms with Gasteiger partial charge in [-0.05, 0) is 12.8 Å². The molecule has 0 amide bonds. The fourth-order valence-corrected chi connectivity index (χ4v) is 1.16. The Morgan fingerprint density at radius 2 is 1.21 bits per heavy atom. The number of hydrogen-bond donors (Lipinski definition) is 0. The van der Waals surface area contributed by atoms with Crippen molar-refractivity contribution in [1.29, 1.82) is 0 Å². The van der Waals surface area contributed by atoms with Crippen LogP contribution in [0.1, 0.15) is 32.1 Å². The number of carbonyl (C=O) groups excluding carboxylic acids is 2. The molecule has 0 aliphatic carbocycles. The smallest absolute Gasteiger partial charge is 0.308 e. The summed E-state index contributed by atoms with van der Waals surface area (Å²) in [4.78, 5) is 22.3. The first-order valence-corrected chi connectivity index (χ1v) is 5.97. The molecule has 6 heteroatoms. The van der Waals surface area contributed by atoms with E-state index >= 15 is 0 Å². The van der Waals surface area contributed by atoms with Gasteiger partial charge >= 0.3 is 11.9 Å². The molecule has 0 aromatic carbocycles. The van der Waals surface area contributed by atoms with Gasteiger partial charge < -0.3 is 18.9 Å². The summed E-state index contributed by atoms with van der Waals surface area (Å²) in [5.74, 6) is -0.660. The number of ether oxygens (including phenoxy) is 4. The average Bonchev–Trinajstić information content (AvgIpc) is 2.39. The Bertz CT molecular complexity index is 259. The summed E-state index contributed by atoms with van der Waals surface area (Å²) in [6.45, 7) is 6.40. The number of carbonyl (C=O) groups is 2. The van der Waals surface area contributed by atoms with E-state index in [1.807, 2.05) is 0 Å². The SMILES string of the molecule is C=COCOC(=O)CCCCCC(=O)OCOC=C. The zero-order chi connectivity index (χ0) is 14.3. The first-order chi connectivity index (χ1) is 9.20. The first kappa shape index (κ1) is 17.0. The summed E-state index contributed by atoms with van der Waals surface area (Å²) >= 11 is 0. The fraction of sp³-hybridized carbons (Fsp3) is 0.538. The molecule has 0 unspecified atom stereocenters. The van der Waals surface area contributed by atoms with Crippen LogP contribution in [-0.2, 0) is 28.5 Å². The number of hydrogen-bond acceptors (Lipinski definition) is 6. The summed E-state index contributed by atoms with van der Waals surface area (Å²) in [6.07, 6.45) is 5.07. The number of rotatable bonds is 12. The molecule has 0 saturated carbocycles. The molecule has 108 valence electrons. The molecule has 0 spiro atoms. The van der Waals surface area contributed by atoms with Crippen molar-refractivity contribution in [3.63, 3.8) is 0 Å². The second kappa shape index (κ2) is 12.5. The van der Waals surface area contributed by atoms with Crippen molar-refractivity contribution < 1.29 is 28.5 Å². The van der Waals surface area contributed by atoms with Gasteiger partial charge in [-0.15, -0.1) is 0 Å². The van der Waals surface area contributed by atoms with E-state index in [0.29, 0.717) is 25.7 Å². The maximum Gasteiger partial charge on any atom is 0.308 e. The zero-order valence-corrected chi connectivity index (χ0v) is 11.0. The lowest BCUT2D eigenvalue weighted by Gasteiger charge is -2.04. The molecule has 0 aliphatic heterocycles. The van der Waals surface area contributed by atoms with Gasteiger partial charge in [-0.25, -0.2) is 0 Å². The van der Waals surface area contributed by atoms with E-state index in [0.717, 1.165) is 6.42 Å². The molecule has 0 N–H and O–H groups in total. The van der Waals surface area contributed by atoms with Crippen LogP contribution in [0.25, 0.3) is 0 Å². The van der Waals surface area contributed by atoms with Gasteiger partial charge in [-0.1, -0.05) is 19.6 Å². The van der Waals surface area contributed by atoms with Crippen LogP contribution in [0.5, 0.6) is 0 Å². The second-order valence-corrected chi connectivity index (χ2v) is 3.50. The lowest BCUT2D eigenvalue weighted by molar-refractivity contribution is -0.152. The van der Waals surface area contributed by atoms with Gasteiger partial charge in [0.15, 0.2) is 0 Å². The number of esters is 2. The van der Waals surface area contributed by atoms with Crippen molar-refractivity contribution in [3.05, 3.63) is 25.7 Å². The van der Waals surface area contributed by atoms with Gasteiger partial charge in [-0.3, -0.25) is 9.59 Å². The topological polar surface area (TPSA) is 71.1 Å². The Morgan fingerprint density at radius 3 is 1.58 bits per heavy atom. The van der Waals surface area contributed by atoms with Crippen LogP contribution in [0, 0.1) is 0 Å². The van der Waals surface area contributed by atoms with Gasteiger partial charge in [0.2, 0.25) is 13.6 Å². The zero-order valence-electron chi connectivity index (χ0n) is 11.0. The third-order valence-corrected chi connectivity index (χ3v) is 2.07. The van der Waals surface area contributed by atoms with E-state index < -0.39 is 0 Å². The van der Waals surface area contributed by atoms with Gasteiger partial charge in [-0.2, -0.15) is 0 Å². The fourth-order valence-electron chi connectivity index (χ4n) is 1.16. The molecule has 0 bridgehead atoms. The van der Waals surface area contributed by atoms with Crippen LogP contribution in [0.4, 0.5) is 0 Å². The second-order valence-electron chi connectivity index (χ2n) is 3.50. The minimum atomic E-state index is -0.330. The maximum atomic E-state index is 11.1. The first-order valence-electron chi connectivity index (χ1n) is 5.97. The molecule has 0 saturated heterocycles. The van der Waals surface area contributed by atoms with Gasteiger partial charge in [0, 0.05) is 12.8 Å². The Labute approximate surface area is 113 Å². The Hall–Kier alpha value is -1.98. The van der Waals surface area contributed by atoms with E-state index in [9.17, 15) is 9.59 Å². The standard InChI is InChI=1S/C13H20O6/c1-3-16-10-18-12(14)8-6-5-7-9-13(15)19-11-17-4-2/h3-4H,1-2,5-11H2. The summed E-state index contributed by atoms with van der Waals surface area (Å²) in [5, 5.41) is 0.